The summed E-state index contributed by atoms with van der Waals surface area (Å²) in [7, 11) is 1.63. The molecule has 0 amide bonds. The number of hydrogen-bond acceptors (Lipinski definition) is 5. The van der Waals surface area contributed by atoms with Crippen LogP contribution < -0.4 is 19.9 Å². The van der Waals surface area contributed by atoms with E-state index in [0.717, 1.165) is 42.6 Å². The largest absolute Gasteiger partial charge is 0.492 e. The Balaban J connectivity index is 2.29. The number of ether oxygens (including phenoxy) is 3. The lowest BCUT2D eigenvalue weighted by molar-refractivity contribution is 0.0993. The van der Waals surface area contributed by atoms with E-state index >= 15 is 0 Å². The summed E-state index contributed by atoms with van der Waals surface area (Å²) < 4.78 is 17.1. The van der Waals surface area contributed by atoms with Crippen LogP contribution in [0.4, 0.5) is 0 Å². The molecule has 0 radical (unpaired) electrons. The molecule has 3 rings (SSSR count). The van der Waals surface area contributed by atoms with Crippen molar-refractivity contribution in [1.29, 1.82) is 0 Å². The van der Waals surface area contributed by atoms with E-state index in [1.807, 2.05) is 0 Å². The van der Waals surface area contributed by atoms with Crippen molar-refractivity contribution in [2.75, 3.05) is 26.9 Å². The van der Waals surface area contributed by atoms with Crippen LogP contribution in [0.15, 0.2) is 0 Å². The molecule has 5 heteroatoms. The van der Waals surface area contributed by atoms with Gasteiger partial charge in [-0.3, -0.25) is 4.79 Å². The first-order valence-corrected chi connectivity index (χ1v) is 7.02. The monoisotopic (exact) mass is 277 g/mol. The van der Waals surface area contributed by atoms with E-state index in [0.29, 0.717) is 30.3 Å². The molecule has 0 bridgehead atoms. The summed E-state index contributed by atoms with van der Waals surface area (Å²) in [5, 5.41) is 0. The minimum absolute atomic E-state index is 0.0193. The first-order valence-electron chi connectivity index (χ1n) is 7.02. The summed E-state index contributed by atoms with van der Waals surface area (Å²) in [6, 6.07) is 0. The van der Waals surface area contributed by atoms with Crippen LogP contribution in [-0.2, 0) is 12.8 Å². The van der Waals surface area contributed by atoms with Gasteiger partial charge >= 0.3 is 0 Å². The number of carbonyl (C=O) groups is 1. The maximum Gasteiger partial charge on any atom is 0.180 e. The lowest BCUT2D eigenvalue weighted by atomic mass is 9.90. The summed E-state index contributed by atoms with van der Waals surface area (Å²) in [6.07, 6.45) is 3.43. The quantitative estimate of drug-likeness (QED) is 0.847. The van der Waals surface area contributed by atoms with Crippen molar-refractivity contribution in [2.24, 2.45) is 5.73 Å². The van der Waals surface area contributed by atoms with Crippen LogP contribution in [0, 0.1) is 0 Å². The lowest BCUT2D eigenvalue weighted by Gasteiger charge is -2.29. The molecule has 0 spiro atoms. The van der Waals surface area contributed by atoms with E-state index in [2.05, 4.69) is 0 Å². The van der Waals surface area contributed by atoms with Gasteiger partial charge in [-0.2, -0.15) is 0 Å². The zero-order valence-electron chi connectivity index (χ0n) is 11.7. The van der Waals surface area contributed by atoms with Crippen molar-refractivity contribution in [3.8, 4) is 17.2 Å². The third kappa shape index (κ3) is 1.93. The smallest absolute Gasteiger partial charge is 0.180 e. The number of carbonyl (C=O) groups excluding carboxylic acids is 1. The van der Waals surface area contributed by atoms with Crippen LogP contribution in [0.1, 0.15) is 34.3 Å². The van der Waals surface area contributed by atoms with Gasteiger partial charge in [-0.05, 0) is 25.7 Å². The maximum absolute atomic E-state index is 12.3. The lowest BCUT2D eigenvalue weighted by Crippen LogP contribution is -2.23. The molecule has 0 aliphatic carbocycles. The van der Waals surface area contributed by atoms with E-state index in [1.165, 1.54) is 0 Å². The van der Waals surface area contributed by atoms with Gasteiger partial charge in [0.05, 0.1) is 32.4 Å². The Kier molecular flexibility index (Phi) is 3.53. The Hall–Kier alpha value is -1.75. The predicted molar refractivity (Wildman–Crippen MR) is 74.0 cm³/mol. The van der Waals surface area contributed by atoms with Gasteiger partial charge in [0.15, 0.2) is 17.3 Å². The molecule has 0 saturated carbocycles. The van der Waals surface area contributed by atoms with E-state index in [4.69, 9.17) is 19.9 Å². The molecule has 108 valence electrons. The van der Waals surface area contributed by atoms with Gasteiger partial charge in [0, 0.05) is 11.1 Å². The number of benzene rings is 1. The molecule has 0 aromatic heterocycles. The van der Waals surface area contributed by atoms with Crippen LogP contribution in [0.2, 0.25) is 0 Å². The summed E-state index contributed by atoms with van der Waals surface area (Å²) in [4.78, 5) is 12.3. The van der Waals surface area contributed by atoms with E-state index in [-0.39, 0.29) is 12.3 Å². The Morgan fingerprint density at radius 3 is 2.45 bits per heavy atom. The first kappa shape index (κ1) is 13.2. The van der Waals surface area contributed by atoms with Gasteiger partial charge in [-0.15, -0.1) is 0 Å². The first-order chi connectivity index (χ1) is 9.77. The fraction of sp³-hybridized carbons (Fsp3) is 0.533. The van der Waals surface area contributed by atoms with Crippen molar-refractivity contribution < 1.29 is 19.0 Å². The second kappa shape index (κ2) is 5.32. The third-order valence-electron chi connectivity index (χ3n) is 3.86. The fourth-order valence-electron chi connectivity index (χ4n) is 3.02. The van der Waals surface area contributed by atoms with E-state index < -0.39 is 0 Å². The zero-order chi connectivity index (χ0) is 14.1. The Bertz CT molecular complexity index is 516. The molecule has 2 aliphatic rings. The topological polar surface area (TPSA) is 70.8 Å². The van der Waals surface area contributed by atoms with Crippen LogP contribution in [0.5, 0.6) is 17.2 Å². The van der Waals surface area contributed by atoms with Gasteiger partial charge in [0.2, 0.25) is 0 Å². The highest BCUT2D eigenvalue weighted by Gasteiger charge is 2.32. The van der Waals surface area contributed by atoms with Crippen molar-refractivity contribution in [3.63, 3.8) is 0 Å². The second-order valence-electron chi connectivity index (χ2n) is 5.05. The summed E-state index contributed by atoms with van der Waals surface area (Å²) in [5.41, 5.74) is 8.01. The molecule has 0 fully saturated rings. The summed E-state index contributed by atoms with van der Waals surface area (Å²) in [6.45, 7) is 1.26. The van der Waals surface area contributed by atoms with Crippen molar-refractivity contribution >= 4 is 5.78 Å². The number of fused-ring (bicyclic) bond motifs is 2. The predicted octanol–water partition coefficient (Wildman–Crippen LogP) is 1.49. The number of methoxy groups -OCH3 is 1. The normalized spacial score (nSPS) is 16.5. The van der Waals surface area contributed by atoms with Crippen LogP contribution >= 0.6 is 0 Å². The van der Waals surface area contributed by atoms with E-state index in [9.17, 15) is 4.79 Å². The average Bonchev–Trinajstić information content (AvgIpc) is 2.51. The highest BCUT2D eigenvalue weighted by molar-refractivity contribution is 6.03. The van der Waals surface area contributed by atoms with Crippen molar-refractivity contribution in [1.82, 2.24) is 0 Å². The van der Waals surface area contributed by atoms with Crippen LogP contribution in [0.25, 0.3) is 0 Å². The molecule has 2 heterocycles. The SMILES string of the molecule is COc1c2c(c(C(=O)CN)c3c1OCCC3)OCCC2. The summed E-state index contributed by atoms with van der Waals surface area (Å²) >= 11 is 0. The molecule has 1 aromatic carbocycles. The van der Waals surface area contributed by atoms with Gasteiger partial charge in [0.1, 0.15) is 5.75 Å². The minimum Gasteiger partial charge on any atom is -0.492 e. The standard InChI is InChI=1S/C15H19NO4/c1-18-14-10-5-3-6-19-13(10)12(11(17)8-16)9-4-2-7-20-15(9)14/h2-8,16H2,1H3. The molecule has 0 atom stereocenters. The fourth-order valence-corrected chi connectivity index (χ4v) is 3.02. The Labute approximate surface area is 118 Å². The number of rotatable bonds is 3. The minimum atomic E-state index is -0.0902. The van der Waals surface area contributed by atoms with Crippen LogP contribution in [-0.4, -0.2) is 32.7 Å². The van der Waals surface area contributed by atoms with Crippen molar-refractivity contribution in [3.05, 3.63) is 16.7 Å². The number of nitrogens with two attached hydrogens (primary N) is 1. The van der Waals surface area contributed by atoms with Gasteiger partial charge in [0.25, 0.3) is 0 Å². The van der Waals surface area contributed by atoms with Gasteiger partial charge in [-0.1, -0.05) is 0 Å². The zero-order valence-corrected chi connectivity index (χ0v) is 11.7. The second-order valence-corrected chi connectivity index (χ2v) is 5.05. The van der Waals surface area contributed by atoms with Gasteiger partial charge in [-0.25, -0.2) is 0 Å². The highest BCUT2D eigenvalue weighted by Crippen LogP contribution is 2.48. The average molecular weight is 277 g/mol. The molecule has 0 unspecified atom stereocenters. The molecule has 5 nitrogen and oxygen atoms in total. The molecular formula is C15H19NO4. The Morgan fingerprint density at radius 1 is 1.15 bits per heavy atom. The Morgan fingerprint density at radius 2 is 1.80 bits per heavy atom. The maximum atomic E-state index is 12.3. The number of Topliss-reactive ketones (excluding diaryl/α,β-unsaturated/α-hetero) is 1. The molecule has 2 aliphatic heterocycles. The third-order valence-corrected chi connectivity index (χ3v) is 3.86. The molecular weight excluding hydrogens is 258 g/mol. The van der Waals surface area contributed by atoms with Crippen LogP contribution in [0.3, 0.4) is 0 Å². The van der Waals surface area contributed by atoms with Gasteiger partial charge < -0.3 is 19.9 Å². The summed E-state index contributed by atoms with van der Waals surface area (Å²) in [5.74, 6) is 2.00. The molecule has 20 heavy (non-hydrogen) atoms. The highest BCUT2D eigenvalue weighted by atomic mass is 16.5. The van der Waals surface area contributed by atoms with E-state index in [1.54, 1.807) is 7.11 Å². The number of hydrogen-bond donors (Lipinski definition) is 1. The molecule has 1 aromatic rings. The molecule has 0 saturated heterocycles. The molecule has 2 N–H and O–H groups in total. The number of ketones is 1. The van der Waals surface area contributed by atoms with Crippen molar-refractivity contribution in [2.45, 2.75) is 25.7 Å².